The summed E-state index contributed by atoms with van der Waals surface area (Å²) in [5.41, 5.74) is 0.915. The summed E-state index contributed by atoms with van der Waals surface area (Å²) < 4.78 is 11.0. The van der Waals surface area contributed by atoms with Crippen LogP contribution in [-0.4, -0.2) is 17.6 Å². The lowest BCUT2D eigenvalue weighted by molar-refractivity contribution is 0.152. The Kier molecular flexibility index (Phi) is 4.42. The number of nitrogens with zero attached hydrogens (tertiary/aromatic N) is 1. The first-order valence-electron chi connectivity index (χ1n) is 6.56. The van der Waals surface area contributed by atoms with Gasteiger partial charge in [-0.05, 0) is 38.1 Å². The predicted molar refractivity (Wildman–Crippen MR) is 65.9 cm³/mol. The van der Waals surface area contributed by atoms with E-state index in [-0.39, 0.29) is 0 Å². The molecule has 1 aromatic rings. The third kappa shape index (κ3) is 4.04. The van der Waals surface area contributed by atoms with E-state index in [2.05, 4.69) is 24.1 Å². The van der Waals surface area contributed by atoms with Crippen LogP contribution in [0, 0.1) is 5.92 Å². The summed E-state index contributed by atoms with van der Waals surface area (Å²) in [5, 5.41) is 3.33. The van der Waals surface area contributed by atoms with E-state index in [0.717, 1.165) is 31.6 Å². The quantitative estimate of drug-likeness (QED) is 0.827. The first kappa shape index (κ1) is 12.4. The van der Waals surface area contributed by atoms with Gasteiger partial charge in [0, 0.05) is 6.54 Å². The van der Waals surface area contributed by atoms with E-state index >= 15 is 0 Å². The number of nitrogens with one attached hydrogen (secondary N) is 1. The zero-order valence-electron chi connectivity index (χ0n) is 10.7. The minimum atomic E-state index is 0.310. The second-order valence-corrected chi connectivity index (χ2v) is 5.15. The lowest BCUT2D eigenvalue weighted by atomic mass is 10.2. The molecule has 0 saturated heterocycles. The van der Waals surface area contributed by atoms with E-state index in [9.17, 15) is 0 Å². The van der Waals surface area contributed by atoms with Crippen molar-refractivity contribution in [1.29, 1.82) is 0 Å². The maximum atomic E-state index is 5.68. The molecule has 0 spiro atoms. The van der Waals surface area contributed by atoms with Crippen LogP contribution in [0.25, 0.3) is 0 Å². The molecule has 1 aromatic heterocycles. The Balaban J connectivity index is 1.75. The summed E-state index contributed by atoms with van der Waals surface area (Å²) in [6, 6.07) is 0. The first-order valence-corrected chi connectivity index (χ1v) is 6.56. The van der Waals surface area contributed by atoms with Gasteiger partial charge in [-0.3, -0.25) is 0 Å². The highest BCUT2D eigenvalue weighted by atomic mass is 16.6. The molecule has 17 heavy (non-hydrogen) atoms. The minimum Gasteiger partial charge on any atom is -0.447 e. The standard InChI is InChI=1S/C13H22N2O2/c1-10(2)7-14-8-11-9-16-13(15-11)17-12-5-3-4-6-12/h9-10,12,14H,3-8H2,1-2H3. The second kappa shape index (κ2) is 6.05. The normalized spacial score (nSPS) is 16.9. The van der Waals surface area contributed by atoms with Crippen molar-refractivity contribution in [2.75, 3.05) is 6.54 Å². The fraction of sp³-hybridized carbons (Fsp3) is 0.769. The van der Waals surface area contributed by atoms with Crippen molar-refractivity contribution in [1.82, 2.24) is 10.3 Å². The molecule has 1 fully saturated rings. The number of oxazole rings is 1. The zero-order chi connectivity index (χ0) is 12.1. The summed E-state index contributed by atoms with van der Waals surface area (Å²) in [7, 11) is 0. The van der Waals surface area contributed by atoms with Gasteiger partial charge in [0.05, 0.1) is 5.69 Å². The van der Waals surface area contributed by atoms with Crippen LogP contribution in [-0.2, 0) is 6.54 Å². The van der Waals surface area contributed by atoms with Crippen LogP contribution in [0.3, 0.4) is 0 Å². The van der Waals surface area contributed by atoms with Gasteiger partial charge in [-0.2, -0.15) is 4.98 Å². The van der Waals surface area contributed by atoms with Crippen LogP contribution in [0.15, 0.2) is 10.7 Å². The largest absolute Gasteiger partial charge is 0.447 e. The molecule has 0 aliphatic heterocycles. The number of hydrogen-bond donors (Lipinski definition) is 1. The van der Waals surface area contributed by atoms with E-state index in [1.54, 1.807) is 6.26 Å². The van der Waals surface area contributed by atoms with Gasteiger partial charge in [0.25, 0.3) is 0 Å². The lowest BCUT2D eigenvalue weighted by Crippen LogP contribution is -2.19. The fourth-order valence-corrected chi connectivity index (χ4v) is 2.06. The Morgan fingerprint density at radius 1 is 1.47 bits per heavy atom. The third-order valence-electron chi connectivity index (χ3n) is 2.96. The molecule has 2 rings (SSSR count). The molecule has 0 atom stereocenters. The van der Waals surface area contributed by atoms with Crippen molar-refractivity contribution in [2.45, 2.75) is 52.2 Å². The lowest BCUT2D eigenvalue weighted by Gasteiger charge is -2.07. The molecule has 96 valence electrons. The van der Waals surface area contributed by atoms with Gasteiger partial charge in [0.1, 0.15) is 12.4 Å². The molecular formula is C13H22N2O2. The summed E-state index contributed by atoms with van der Waals surface area (Å²) in [6.45, 7) is 6.11. The highest BCUT2D eigenvalue weighted by molar-refractivity contribution is 5.00. The van der Waals surface area contributed by atoms with E-state index < -0.39 is 0 Å². The van der Waals surface area contributed by atoms with Crippen molar-refractivity contribution in [3.05, 3.63) is 12.0 Å². The van der Waals surface area contributed by atoms with Crippen LogP contribution in [0.2, 0.25) is 0 Å². The van der Waals surface area contributed by atoms with Crippen molar-refractivity contribution in [3.63, 3.8) is 0 Å². The van der Waals surface area contributed by atoms with Gasteiger partial charge in [0.15, 0.2) is 0 Å². The average molecular weight is 238 g/mol. The van der Waals surface area contributed by atoms with Crippen LogP contribution < -0.4 is 10.1 Å². The number of rotatable bonds is 6. The van der Waals surface area contributed by atoms with E-state index in [4.69, 9.17) is 9.15 Å². The zero-order valence-corrected chi connectivity index (χ0v) is 10.7. The Hall–Kier alpha value is -1.03. The maximum Gasteiger partial charge on any atom is 0.394 e. The van der Waals surface area contributed by atoms with Gasteiger partial charge in [-0.25, -0.2) is 0 Å². The van der Waals surface area contributed by atoms with Crippen molar-refractivity contribution < 1.29 is 9.15 Å². The monoisotopic (exact) mass is 238 g/mol. The van der Waals surface area contributed by atoms with Gasteiger partial charge < -0.3 is 14.5 Å². The summed E-state index contributed by atoms with van der Waals surface area (Å²) in [6.07, 6.45) is 7.19. The molecule has 0 unspecified atom stereocenters. The topological polar surface area (TPSA) is 47.3 Å². The Labute approximate surface area is 103 Å². The summed E-state index contributed by atoms with van der Waals surface area (Å²) in [5.74, 6) is 0.649. The Morgan fingerprint density at radius 2 is 2.24 bits per heavy atom. The maximum absolute atomic E-state index is 5.68. The van der Waals surface area contributed by atoms with Crippen LogP contribution in [0.1, 0.15) is 45.2 Å². The van der Waals surface area contributed by atoms with Gasteiger partial charge >= 0.3 is 6.08 Å². The van der Waals surface area contributed by atoms with Crippen molar-refractivity contribution >= 4 is 0 Å². The van der Waals surface area contributed by atoms with E-state index in [0.29, 0.717) is 18.1 Å². The minimum absolute atomic E-state index is 0.310. The van der Waals surface area contributed by atoms with E-state index in [1.165, 1.54) is 12.8 Å². The van der Waals surface area contributed by atoms with Crippen molar-refractivity contribution in [2.24, 2.45) is 5.92 Å². The Morgan fingerprint density at radius 3 is 2.94 bits per heavy atom. The molecule has 1 N–H and O–H groups in total. The molecule has 4 heteroatoms. The first-order chi connectivity index (χ1) is 8.24. The Bertz CT molecular complexity index is 330. The SMILES string of the molecule is CC(C)CNCc1coc(OC2CCCC2)n1. The molecule has 0 radical (unpaired) electrons. The summed E-state index contributed by atoms with van der Waals surface area (Å²) >= 11 is 0. The van der Waals surface area contributed by atoms with Gasteiger partial charge in [-0.1, -0.05) is 13.8 Å². The molecular weight excluding hydrogens is 216 g/mol. The number of hydrogen-bond acceptors (Lipinski definition) is 4. The van der Waals surface area contributed by atoms with Crippen molar-refractivity contribution in [3.8, 4) is 6.08 Å². The van der Waals surface area contributed by atoms with Crippen LogP contribution in [0.4, 0.5) is 0 Å². The number of ether oxygens (including phenoxy) is 1. The molecule has 1 heterocycles. The highest BCUT2D eigenvalue weighted by Gasteiger charge is 2.18. The highest BCUT2D eigenvalue weighted by Crippen LogP contribution is 2.23. The molecule has 1 saturated carbocycles. The molecule has 4 nitrogen and oxygen atoms in total. The van der Waals surface area contributed by atoms with Crippen LogP contribution >= 0.6 is 0 Å². The second-order valence-electron chi connectivity index (χ2n) is 5.15. The van der Waals surface area contributed by atoms with Gasteiger partial charge in [-0.15, -0.1) is 0 Å². The molecule has 1 aliphatic rings. The third-order valence-corrected chi connectivity index (χ3v) is 2.96. The van der Waals surface area contributed by atoms with Gasteiger partial charge in [0.2, 0.25) is 0 Å². The number of aromatic nitrogens is 1. The fourth-order valence-electron chi connectivity index (χ4n) is 2.06. The van der Waals surface area contributed by atoms with E-state index in [1.807, 2.05) is 0 Å². The summed E-state index contributed by atoms with van der Waals surface area (Å²) in [4.78, 5) is 4.32. The van der Waals surface area contributed by atoms with Crippen LogP contribution in [0.5, 0.6) is 6.08 Å². The molecule has 1 aliphatic carbocycles. The average Bonchev–Trinajstić information content (AvgIpc) is 2.90. The smallest absolute Gasteiger partial charge is 0.394 e. The molecule has 0 aromatic carbocycles. The molecule has 0 amide bonds. The molecule has 0 bridgehead atoms. The predicted octanol–water partition coefficient (Wildman–Crippen LogP) is 2.74.